The molecule has 0 spiro atoms. The maximum atomic E-state index is 12.5. The summed E-state index contributed by atoms with van der Waals surface area (Å²) in [5.41, 5.74) is -0.768. The van der Waals surface area contributed by atoms with Gasteiger partial charge in [0.25, 0.3) is 0 Å². The molecule has 2 unspecified atom stereocenters. The molecular weight excluding hydrogens is 516 g/mol. The predicted molar refractivity (Wildman–Crippen MR) is 142 cm³/mol. The molecule has 1 N–H and O–H groups in total. The van der Waals surface area contributed by atoms with E-state index in [2.05, 4.69) is 16.4 Å². The number of urea groups is 1. The zero-order valence-corrected chi connectivity index (χ0v) is 21.1. The Morgan fingerprint density at radius 2 is 1.30 bits per heavy atom. The van der Waals surface area contributed by atoms with Gasteiger partial charge in [-0.25, -0.2) is 4.79 Å². The van der Waals surface area contributed by atoms with E-state index in [1.807, 2.05) is 91.0 Å². The van der Waals surface area contributed by atoms with Crippen LogP contribution in [0.1, 0.15) is 0 Å². The van der Waals surface area contributed by atoms with Crippen LogP contribution in [0.3, 0.4) is 0 Å². The number of benzene rings is 3. The Balaban J connectivity index is 2.02. The Kier molecular flexibility index (Phi) is 7.34. The third-order valence-corrected chi connectivity index (χ3v) is 12.2. The highest BCUT2D eigenvalue weighted by molar-refractivity contribution is 8.16. The van der Waals surface area contributed by atoms with Crippen LogP contribution in [0.25, 0.3) is 0 Å². The first kappa shape index (κ1) is 24.1. The second-order valence-electron chi connectivity index (χ2n) is 7.20. The highest BCUT2D eigenvalue weighted by Crippen LogP contribution is 2.61. The van der Waals surface area contributed by atoms with Crippen LogP contribution in [-0.4, -0.2) is 25.9 Å². The minimum atomic E-state index is -2.66. The number of nitrogens with zero attached hydrogens (tertiary/aromatic N) is 2. The van der Waals surface area contributed by atoms with Gasteiger partial charge in [0.05, 0.1) is 0 Å². The fourth-order valence-corrected chi connectivity index (χ4v) is 10.2. The van der Waals surface area contributed by atoms with E-state index in [1.165, 1.54) is 0 Å². The van der Waals surface area contributed by atoms with Crippen LogP contribution in [0, 0.1) is 11.3 Å². The number of nitriles is 1. The van der Waals surface area contributed by atoms with E-state index in [0.717, 1.165) is 27.7 Å². The van der Waals surface area contributed by atoms with Crippen molar-refractivity contribution in [2.75, 3.05) is 0 Å². The summed E-state index contributed by atoms with van der Waals surface area (Å²) in [6.07, 6.45) is 0. The SMILES string of the molecule is N#CC(C1=NC(=O)NC(C(Cl)(Cl)Cl)S1)[P+](c1ccccc1)(c1ccccc1)c1ccccc1. The highest BCUT2D eigenvalue weighted by atomic mass is 35.6. The van der Waals surface area contributed by atoms with E-state index < -0.39 is 28.1 Å². The van der Waals surface area contributed by atoms with Crippen LogP contribution in [0.2, 0.25) is 0 Å². The van der Waals surface area contributed by atoms with E-state index in [0.29, 0.717) is 5.04 Å². The van der Waals surface area contributed by atoms with Crippen molar-refractivity contribution < 1.29 is 4.79 Å². The zero-order valence-electron chi connectivity index (χ0n) is 17.1. The second kappa shape index (κ2) is 10.1. The smallest absolute Gasteiger partial charge is 0.320 e. The molecular formula is C24H18Cl3N3OPS+. The molecule has 4 nitrogen and oxygen atoms in total. The van der Waals surface area contributed by atoms with Gasteiger partial charge in [-0.05, 0) is 36.4 Å². The molecule has 2 amide bonds. The first-order chi connectivity index (χ1) is 15.9. The van der Waals surface area contributed by atoms with Gasteiger partial charge in [-0.15, -0.1) is 0 Å². The van der Waals surface area contributed by atoms with Gasteiger partial charge >= 0.3 is 6.03 Å². The second-order valence-corrected chi connectivity index (χ2v) is 14.2. The van der Waals surface area contributed by atoms with Gasteiger partial charge in [-0.2, -0.15) is 10.3 Å². The Morgan fingerprint density at radius 1 is 0.879 bits per heavy atom. The number of nitrogens with one attached hydrogen (secondary N) is 1. The quantitative estimate of drug-likeness (QED) is 0.352. The van der Waals surface area contributed by atoms with E-state index in [9.17, 15) is 10.1 Å². The van der Waals surface area contributed by atoms with E-state index >= 15 is 0 Å². The number of alkyl halides is 3. The third kappa shape index (κ3) is 4.78. The summed E-state index contributed by atoms with van der Waals surface area (Å²) in [6.45, 7) is 0. The number of rotatable bonds is 5. The molecule has 3 aromatic rings. The van der Waals surface area contributed by atoms with E-state index in [-0.39, 0.29) is 0 Å². The summed E-state index contributed by atoms with van der Waals surface area (Å²) >= 11 is 19.5. The summed E-state index contributed by atoms with van der Waals surface area (Å²) in [4.78, 5) is 16.7. The maximum Gasteiger partial charge on any atom is 0.342 e. The topological polar surface area (TPSA) is 65.2 Å². The Hall–Kier alpha value is -2.06. The molecule has 0 aliphatic carbocycles. The number of aliphatic imine (C=N–C) groups is 1. The fraction of sp³-hybridized carbons (Fsp3) is 0.125. The van der Waals surface area contributed by atoms with E-state index in [4.69, 9.17) is 34.8 Å². The minimum absolute atomic E-state index is 0.336. The van der Waals surface area contributed by atoms with Crippen molar-refractivity contribution in [1.82, 2.24) is 5.32 Å². The number of carbonyl (C=O) groups is 1. The van der Waals surface area contributed by atoms with Crippen molar-refractivity contribution in [2.45, 2.75) is 14.8 Å². The normalized spacial score (nSPS) is 17.5. The minimum Gasteiger partial charge on any atom is -0.320 e. The van der Waals surface area contributed by atoms with Crippen molar-refractivity contribution in [3.63, 3.8) is 0 Å². The lowest BCUT2D eigenvalue weighted by Crippen LogP contribution is -2.48. The fourth-order valence-electron chi connectivity index (χ4n) is 3.89. The highest BCUT2D eigenvalue weighted by Gasteiger charge is 2.57. The number of hydrogen-bond donors (Lipinski definition) is 1. The first-order valence-electron chi connectivity index (χ1n) is 9.95. The first-order valence-corrected chi connectivity index (χ1v) is 13.8. The van der Waals surface area contributed by atoms with Crippen LogP contribution >= 0.6 is 53.8 Å². The molecule has 1 heterocycles. The third-order valence-electron chi connectivity index (χ3n) is 5.24. The van der Waals surface area contributed by atoms with Gasteiger partial charge in [-0.1, -0.05) is 101 Å². The van der Waals surface area contributed by atoms with Crippen molar-refractivity contribution in [3.05, 3.63) is 91.0 Å². The predicted octanol–water partition coefficient (Wildman–Crippen LogP) is 5.42. The van der Waals surface area contributed by atoms with Crippen LogP contribution < -0.4 is 21.2 Å². The molecule has 0 saturated carbocycles. The number of carbonyl (C=O) groups excluding carboxylic acids is 1. The van der Waals surface area contributed by atoms with Gasteiger partial charge in [0, 0.05) is 0 Å². The van der Waals surface area contributed by atoms with Gasteiger partial charge in [0.2, 0.25) is 9.45 Å². The monoisotopic (exact) mass is 532 g/mol. The van der Waals surface area contributed by atoms with Crippen molar-refractivity contribution in [3.8, 4) is 6.07 Å². The lowest BCUT2D eigenvalue weighted by molar-refractivity contribution is 0.248. The molecule has 0 aromatic heterocycles. The Labute approximate surface area is 212 Å². The summed E-state index contributed by atoms with van der Waals surface area (Å²) < 4.78 is -1.77. The summed E-state index contributed by atoms with van der Waals surface area (Å²) in [5, 5.41) is 15.7. The maximum absolute atomic E-state index is 12.5. The molecule has 1 aliphatic heterocycles. The van der Waals surface area contributed by atoms with Gasteiger partial charge < -0.3 is 5.32 Å². The largest absolute Gasteiger partial charge is 0.342 e. The summed E-state index contributed by atoms with van der Waals surface area (Å²) in [5.74, 6) is 0. The van der Waals surface area contributed by atoms with Crippen molar-refractivity contribution in [1.29, 1.82) is 5.26 Å². The number of amides is 2. The lowest BCUT2D eigenvalue weighted by Gasteiger charge is -2.34. The molecule has 4 rings (SSSR count). The number of halogens is 3. The Morgan fingerprint density at radius 3 is 1.67 bits per heavy atom. The lowest BCUT2D eigenvalue weighted by atomic mass is 10.3. The van der Waals surface area contributed by atoms with Crippen LogP contribution in [0.4, 0.5) is 4.79 Å². The molecule has 0 fully saturated rings. The average molecular weight is 534 g/mol. The standard InChI is InChI=1S/C24H17Cl3N3OPS/c25-24(26,27)22-30-23(31)29-21(33-22)20(16-28)32(17-10-4-1-5-11-17,18-12-6-2-7-13-18)19-14-8-3-9-15-19/h1-15,20,22H/p+1. The van der Waals surface area contributed by atoms with Gasteiger partial charge in [0.15, 0.2) is 0 Å². The molecule has 9 heteroatoms. The molecule has 0 radical (unpaired) electrons. The summed E-state index contributed by atoms with van der Waals surface area (Å²) in [7, 11) is -2.66. The molecule has 0 bridgehead atoms. The molecule has 33 heavy (non-hydrogen) atoms. The van der Waals surface area contributed by atoms with Crippen LogP contribution in [0.15, 0.2) is 96.0 Å². The number of hydrogen-bond acceptors (Lipinski definition) is 3. The molecule has 166 valence electrons. The van der Waals surface area contributed by atoms with E-state index in [1.54, 1.807) is 0 Å². The average Bonchev–Trinajstić information content (AvgIpc) is 2.83. The van der Waals surface area contributed by atoms with Crippen molar-refractivity contribution >= 4 is 80.8 Å². The summed E-state index contributed by atoms with van der Waals surface area (Å²) in [6, 6.07) is 31.6. The molecule has 2 atom stereocenters. The molecule has 0 saturated heterocycles. The zero-order chi connectivity index (χ0) is 23.5. The van der Waals surface area contributed by atoms with Gasteiger partial charge in [-0.3, -0.25) is 0 Å². The van der Waals surface area contributed by atoms with Crippen LogP contribution in [0.5, 0.6) is 0 Å². The molecule has 3 aromatic carbocycles. The number of thioether (sulfide) groups is 1. The van der Waals surface area contributed by atoms with Gasteiger partial charge in [0.1, 0.15) is 39.7 Å². The Bertz CT molecular complexity index is 1100. The molecule has 1 aliphatic rings. The van der Waals surface area contributed by atoms with Crippen LogP contribution in [-0.2, 0) is 0 Å². The van der Waals surface area contributed by atoms with Crippen molar-refractivity contribution in [2.24, 2.45) is 4.99 Å².